The molecule has 24 heavy (non-hydrogen) atoms. The molecule has 0 unspecified atom stereocenters. The van der Waals surface area contributed by atoms with Crippen molar-refractivity contribution in [1.29, 1.82) is 0 Å². The summed E-state index contributed by atoms with van der Waals surface area (Å²) in [4.78, 5) is 27.8. The summed E-state index contributed by atoms with van der Waals surface area (Å²) in [5.74, 6) is 1.08. The van der Waals surface area contributed by atoms with E-state index in [1.54, 1.807) is 19.2 Å². The van der Waals surface area contributed by atoms with Crippen molar-refractivity contribution in [2.75, 3.05) is 5.32 Å². The largest absolute Gasteiger partial charge is 0.466 e. The zero-order valence-corrected chi connectivity index (χ0v) is 13.6. The third-order valence-corrected chi connectivity index (χ3v) is 3.82. The van der Waals surface area contributed by atoms with Gasteiger partial charge in [-0.15, -0.1) is 0 Å². The van der Waals surface area contributed by atoms with Crippen LogP contribution < -0.4 is 5.32 Å². The van der Waals surface area contributed by atoms with Gasteiger partial charge in [0.2, 0.25) is 5.91 Å². The zero-order valence-electron chi connectivity index (χ0n) is 13.6. The first-order valence-corrected chi connectivity index (χ1v) is 7.78. The lowest BCUT2D eigenvalue weighted by atomic mass is 10.1. The number of rotatable bonds is 5. The number of para-hydroxylation sites is 1. The molecule has 0 fully saturated rings. The van der Waals surface area contributed by atoms with Gasteiger partial charge in [0, 0.05) is 18.2 Å². The van der Waals surface area contributed by atoms with Crippen LogP contribution in [0.1, 0.15) is 35.2 Å². The molecular formula is C19H18N2O3. The smallest absolute Gasteiger partial charge is 0.224 e. The average Bonchev–Trinajstić information content (AvgIpc) is 2.94. The van der Waals surface area contributed by atoms with Crippen LogP contribution in [0.4, 0.5) is 5.69 Å². The van der Waals surface area contributed by atoms with Gasteiger partial charge in [-0.3, -0.25) is 14.6 Å². The minimum atomic E-state index is -0.120. The quantitative estimate of drug-likeness (QED) is 0.723. The Morgan fingerprint density at radius 2 is 2.00 bits per heavy atom. The van der Waals surface area contributed by atoms with Crippen LogP contribution in [0.3, 0.4) is 0 Å². The predicted molar refractivity (Wildman–Crippen MR) is 92.1 cm³/mol. The minimum Gasteiger partial charge on any atom is -0.466 e. The maximum absolute atomic E-state index is 12.1. The van der Waals surface area contributed by atoms with Crippen LogP contribution in [0.2, 0.25) is 0 Å². The molecule has 1 N–H and O–H groups in total. The minimum absolute atomic E-state index is 0.0332. The van der Waals surface area contributed by atoms with Crippen molar-refractivity contribution in [2.45, 2.75) is 26.7 Å². The predicted octanol–water partition coefficient (Wildman–Crippen LogP) is 3.91. The van der Waals surface area contributed by atoms with Crippen molar-refractivity contribution in [3.63, 3.8) is 0 Å². The number of nitrogens with zero attached hydrogens (tertiary/aromatic N) is 1. The number of Topliss-reactive ketones (excluding diaryl/α,β-unsaturated/α-hetero) is 1. The summed E-state index contributed by atoms with van der Waals surface area (Å²) in [5, 5.41) is 3.81. The van der Waals surface area contributed by atoms with E-state index in [0.717, 1.165) is 10.9 Å². The summed E-state index contributed by atoms with van der Waals surface area (Å²) in [6, 6.07) is 11.3. The Morgan fingerprint density at radius 3 is 2.75 bits per heavy atom. The second-order valence-corrected chi connectivity index (χ2v) is 5.70. The van der Waals surface area contributed by atoms with E-state index in [1.807, 2.05) is 30.3 Å². The van der Waals surface area contributed by atoms with Crippen molar-refractivity contribution < 1.29 is 14.0 Å². The maximum atomic E-state index is 12.1. The number of anilines is 1. The van der Waals surface area contributed by atoms with Crippen LogP contribution in [0.25, 0.3) is 10.9 Å². The lowest BCUT2D eigenvalue weighted by molar-refractivity contribution is -0.116. The molecule has 3 aromatic rings. The Labute approximate surface area is 139 Å². The first-order valence-electron chi connectivity index (χ1n) is 7.78. The number of hydrogen-bond acceptors (Lipinski definition) is 4. The highest BCUT2D eigenvalue weighted by atomic mass is 16.3. The molecule has 0 saturated heterocycles. The number of fused-ring (bicyclic) bond motifs is 1. The highest BCUT2D eigenvalue weighted by molar-refractivity contribution is 5.95. The molecule has 5 heteroatoms. The SMILES string of the molecule is CC(=O)c1cc(CCC(=O)Nc2cnc3ccccc3c2)oc1C. The van der Waals surface area contributed by atoms with Gasteiger partial charge in [-0.1, -0.05) is 18.2 Å². The van der Waals surface area contributed by atoms with Gasteiger partial charge >= 0.3 is 0 Å². The number of pyridine rings is 1. The van der Waals surface area contributed by atoms with E-state index >= 15 is 0 Å². The van der Waals surface area contributed by atoms with Crippen LogP contribution in [-0.2, 0) is 11.2 Å². The number of hydrogen-bond donors (Lipinski definition) is 1. The van der Waals surface area contributed by atoms with Crippen molar-refractivity contribution in [3.05, 3.63) is 59.7 Å². The van der Waals surface area contributed by atoms with Crippen molar-refractivity contribution in [1.82, 2.24) is 4.98 Å². The lowest BCUT2D eigenvalue weighted by Gasteiger charge is -2.05. The topological polar surface area (TPSA) is 72.2 Å². The summed E-state index contributed by atoms with van der Waals surface area (Å²) in [7, 11) is 0. The number of aromatic nitrogens is 1. The molecule has 0 saturated carbocycles. The van der Waals surface area contributed by atoms with Gasteiger partial charge in [0.15, 0.2) is 5.78 Å². The van der Waals surface area contributed by atoms with Crippen molar-refractivity contribution in [3.8, 4) is 0 Å². The summed E-state index contributed by atoms with van der Waals surface area (Å²) in [6.07, 6.45) is 2.36. The highest BCUT2D eigenvalue weighted by Gasteiger charge is 2.12. The number of aryl methyl sites for hydroxylation is 2. The molecule has 5 nitrogen and oxygen atoms in total. The van der Waals surface area contributed by atoms with Gasteiger partial charge < -0.3 is 9.73 Å². The van der Waals surface area contributed by atoms with E-state index < -0.39 is 0 Å². The molecule has 2 aromatic heterocycles. The lowest BCUT2D eigenvalue weighted by Crippen LogP contribution is -2.12. The molecule has 0 spiro atoms. The van der Waals surface area contributed by atoms with Crippen LogP contribution in [0.5, 0.6) is 0 Å². The van der Waals surface area contributed by atoms with E-state index in [1.165, 1.54) is 6.92 Å². The molecule has 3 rings (SSSR count). The number of amides is 1. The van der Waals surface area contributed by atoms with Crippen LogP contribution in [-0.4, -0.2) is 16.7 Å². The molecule has 0 aliphatic rings. The van der Waals surface area contributed by atoms with Gasteiger partial charge in [0.25, 0.3) is 0 Å². The molecular weight excluding hydrogens is 304 g/mol. The third kappa shape index (κ3) is 3.51. The van der Waals surface area contributed by atoms with E-state index in [0.29, 0.717) is 29.2 Å². The molecule has 2 heterocycles. The molecule has 1 amide bonds. The Bertz CT molecular complexity index is 912. The first-order chi connectivity index (χ1) is 11.5. The van der Waals surface area contributed by atoms with E-state index in [-0.39, 0.29) is 18.1 Å². The Hall–Kier alpha value is -2.95. The fourth-order valence-electron chi connectivity index (χ4n) is 2.62. The van der Waals surface area contributed by atoms with Gasteiger partial charge in [0.1, 0.15) is 11.5 Å². The van der Waals surface area contributed by atoms with Crippen LogP contribution in [0, 0.1) is 6.92 Å². The summed E-state index contributed by atoms with van der Waals surface area (Å²) in [5.41, 5.74) is 2.13. The Kier molecular flexibility index (Phi) is 4.42. The number of nitrogens with one attached hydrogen (secondary N) is 1. The van der Waals surface area contributed by atoms with Crippen LogP contribution >= 0.6 is 0 Å². The average molecular weight is 322 g/mol. The highest BCUT2D eigenvalue weighted by Crippen LogP contribution is 2.18. The van der Waals surface area contributed by atoms with Gasteiger partial charge in [-0.2, -0.15) is 0 Å². The van der Waals surface area contributed by atoms with Crippen molar-refractivity contribution in [2.24, 2.45) is 0 Å². The normalized spacial score (nSPS) is 10.8. The fourth-order valence-corrected chi connectivity index (χ4v) is 2.62. The molecule has 0 aliphatic carbocycles. The first kappa shape index (κ1) is 15.9. The number of carbonyl (C=O) groups excluding carboxylic acids is 2. The van der Waals surface area contributed by atoms with Gasteiger partial charge in [-0.05, 0) is 32.0 Å². The van der Waals surface area contributed by atoms with Crippen molar-refractivity contribution >= 4 is 28.3 Å². The van der Waals surface area contributed by atoms with E-state index in [4.69, 9.17) is 4.42 Å². The molecule has 0 atom stereocenters. The van der Waals surface area contributed by atoms with Gasteiger partial charge in [-0.25, -0.2) is 0 Å². The zero-order chi connectivity index (χ0) is 17.1. The summed E-state index contributed by atoms with van der Waals surface area (Å²) in [6.45, 7) is 3.25. The Balaban J connectivity index is 1.62. The van der Waals surface area contributed by atoms with E-state index in [9.17, 15) is 9.59 Å². The third-order valence-electron chi connectivity index (χ3n) is 3.82. The summed E-state index contributed by atoms with van der Waals surface area (Å²) >= 11 is 0. The number of ketones is 1. The van der Waals surface area contributed by atoms with Gasteiger partial charge in [0.05, 0.1) is 23.0 Å². The maximum Gasteiger partial charge on any atom is 0.224 e. The number of carbonyl (C=O) groups is 2. The molecule has 1 aromatic carbocycles. The second kappa shape index (κ2) is 6.66. The Morgan fingerprint density at radius 1 is 1.21 bits per heavy atom. The van der Waals surface area contributed by atoms with Crippen LogP contribution in [0.15, 0.2) is 47.0 Å². The molecule has 122 valence electrons. The second-order valence-electron chi connectivity index (χ2n) is 5.70. The fraction of sp³-hybridized carbons (Fsp3) is 0.211. The van der Waals surface area contributed by atoms with E-state index in [2.05, 4.69) is 10.3 Å². The standard InChI is InChI=1S/C19H18N2O3/c1-12(22)17-10-16(24-13(17)2)7-8-19(23)21-15-9-14-5-3-4-6-18(14)20-11-15/h3-6,9-11H,7-8H2,1-2H3,(H,21,23). The number of furan rings is 1. The number of benzene rings is 1. The summed E-state index contributed by atoms with van der Waals surface area (Å²) < 4.78 is 5.52. The molecule has 0 radical (unpaired) electrons. The molecule has 0 aliphatic heterocycles. The molecule has 0 bridgehead atoms. The monoisotopic (exact) mass is 322 g/mol.